The van der Waals surface area contributed by atoms with Gasteiger partial charge in [-0.1, -0.05) is 0 Å². The van der Waals surface area contributed by atoms with Crippen molar-refractivity contribution in [2.24, 2.45) is 33.7 Å². The predicted octanol–water partition coefficient (Wildman–Crippen LogP) is -4.22. The van der Waals surface area contributed by atoms with Crippen molar-refractivity contribution in [3.63, 3.8) is 0 Å². The monoisotopic (exact) mass is 545 g/mol. The molecule has 38 heavy (non-hydrogen) atoms. The van der Waals surface area contributed by atoms with Crippen LogP contribution in [0.5, 0.6) is 0 Å². The minimum atomic E-state index is -1.44. The number of nitrogens with two attached hydrogens (primary N) is 5. The van der Waals surface area contributed by atoms with Crippen molar-refractivity contribution in [3.05, 3.63) is 0 Å². The molecule has 0 radical (unpaired) electrons. The third-order valence-corrected chi connectivity index (χ3v) is 5.18. The van der Waals surface area contributed by atoms with Crippen molar-refractivity contribution in [2.45, 2.75) is 75.5 Å². The molecule has 4 atom stereocenters. The zero-order valence-corrected chi connectivity index (χ0v) is 21.1. The van der Waals surface area contributed by atoms with Gasteiger partial charge in [-0.25, -0.2) is 4.79 Å². The molecule has 0 aromatic carbocycles. The molecule has 0 aromatic heterocycles. The third kappa shape index (κ3) is 15.2. The van der Waals surface area contributed by atoms with Gasteiger partial charge in [0.25, 0.3) is 0 Å². The van der Waals surface area contributed by atoms with Crippen LogP contribution in [0.15, 0.2) is 4.99 Å². The summed E-state index contributed by atoms with van der Waals surface area (Å²) in [4.78, 5) is 75.7. The summed E-state index contributed by atoms with van der Waals surface area (Å²) in [7, 11) is 0. The number of amides is 4. The summed E-state index contributed by atoms with van der Waals surface area (Å²) in [5.74, 6) is -6.24. The Morgan fingerprint density at radius 3 is 1.76 bits per heavy atom. The number of hydrogen-bond donors (Lipinski definition) is 10. The van der Waals surface area contributed by atoms with Gasteiger partial charge in [-0.2, -0.15) is 0 Å². The van der Waals surface area contributed by atoms with E-state index in [0.29, 0.717) is 19.4 Å². The summed E-state index contributed by atoms with van der Waals surface area (Å²) < 4.78 is 0. The maximum Gasteiger partial charge on any atom is 0.326 e. The molecule has 0 heterocycles. The highest BCUT2D eigenvalue weighted by Gasteiger charge is 2.30. The Hall–Kier alpha value is -3.99. The fourth-order valence-corrected chi connectivity index (χ4v) is 3.19. The highest BCUT2D eigenvalue weighted by molar-refractivity contribution is 5.95. The molecule has 0 aromatic rings. The van der Waals surface area contributed by atoms with E-state index in [2.05, 4.69) is 20.9 Å². The normalized spacial score (nSPS) is 13.7. The lowest BCUT2D eigenvalue weighted by atomic mass is 10.0. The van der Waals surface area contributed by atoms with E-state index >= 15 is 0 Å². The molecular weight excluding hydrogens is 506 g/mol. The molecule has 0 saturated carbocycles. The molecule has 0 fully saturated rings. The number of carboxylic acid groups (broad SMARTS) is 2. The Bertz CT molecular complexity index is 864. The van der Waals surface area contributed by atoms with Crippen LogP contribution in [-0.4, -0.2) is 89.0 Å². The second-order valence-corrected chi connectivity index (χ2v) is 8.46. The SMILES string of the molecule is NCCCCC(NC(=O)C(N)CC(N)=O)C(=O)NC(CCC(=O)O)C(=O)NC(CCCN=C(N)N)C(=O)O. The number of rotatable bonds is 20. The van der Waals surface area contributed by atoms with Crippen molar-refractivity contribution in [1.82, 2.24) is 16.0 Å². The smallest absolute Gasteiger partial charge is 0.326 e. The summed E-state index contributed by atoms with van der Waals surface area (Å²) in [5, 5.41) is 25.5. The van der Waals surface area contributed by atoms with Gasteiger partial charge in [0.1, 0.15) is 18.1 Å². The average Bonchev–Trinajstić information content (AvgIpc) is 2.81. The number of nitrogens with zero attached hydrogens (tertiary/aromatic N) is 1. The minimum Gasteiger partial charge on any atom is -0.481 e. The molecule has 0 bridgehead atoms. The molecular formula is C21H39N9O8. The first-order valence-corrected chi connectivity index (χ1v) is 11.9. The first-order chi connectivity index (χ1) is 17.8. The van der Waals surface area contributed by atoms with E-state index < -0.39 is 72.6 Å². The molecule has 0 aliphatic carbocycles. The first-order valence-electron chi connectivity index (χ1n) is 11.9. The van der Waals surface area contributed by atoms with Gasteiger partial charge >= 0.3 is 11.9 Å². The Labute approximate surface area is 219 Å². The largest absolute Gasteiger partial charge is 0.481 e. The van der Waals surface area contributed by atoms with Gasteiger partial charge in [-0.3, -0.25) is 29.0 Å². The van der Waals surface area contributed by atoms with E-state index in [9.17, 15) is 33.9 Å². The lowest BCUT2D eigenvalue weighted by Crippen LogP contribution is -2.57. The minimum absolute atomic E-state index is 0.0486. The number of hydrogen-bond acceptors (Lipinski definition) is 9. The highest BCUT2D eigenvalue weighted by Crippen LogP contribution is 2.07. The van der Waals surface area contributed by atoms with Crippen LogP contribution in [-0.2, 0) is 28.8 Å². The second kappa shape index (κ2) is 18.3. The van der Waals surface area contributed by atoms with Crippen molar-refractivity contribution < 1.29 is 39.0 Å². The number of carbonyl (C=O) groups is 6. The summed E-state index contributed by atoms with van der Waals surface area (Å²) in [5.41, 5.74) is 26.6. The summed E-state index contributed by atoms with van der Waals surface area (Å²) in [6.45, 7) is 0.427. The van der Waals surface area contributed by atoms with E-state index in [1.165, 1.54) is 0 Å². The number of primary amides is 1. The third-order valence-electron chi connectivity index (χ3n) is 5.18. The molecule has 0 spiro atoms. The van der Waals surface area contributed by atoms with Gasteiger partial charge in [0, 0.05) is 13.0 Å². The van der Waals surface area contributed by atoms with E-state index in [1.54, 1.807) is 0 Å². The Morgan fingerprint density at radius 1 is 0.737 bits per heavy atom. The zero-order valence-electron chi connectivity index (χ0n) is 21.1. The molecule has 0 aliphatic heterocycles. The Balaban J connectivity index is 5.58. The molecule has 0 rings (SSSR count). The van der Waals surface area contributed by atoms with Gasteiger partial charge in [0.2, 0.25) is 23.6 Å². The van der Waals surface area contributed by atoms with Crippen LogP contribution in [0.1, 0.15) is 51.4 Å². The van der Waals surface area contributed by atoms with E-state index in [0.717, 1.165) is 0 Å². The number of carboxylic acids is 2. The number of guanidine groups is 1. The molecule has 17 nitrogen and oxygen atoms in total. The zero-order chi connectivity index (χ0) is 29.3. The highest BCUT2D eigenvalue weighted by atomic mass is 16.4. The van der Waals surface area contributed by atoms with E-state index in [4.69, 9.17) is 33.8 Å². The maximum atomic E-state index is 13.0. The quantitative estimate of drug-likeness (QED) is 0.0395. The Morgan fingerprint density at radius 2 is 1.26 bits per heavy atom. The van der Waals surface area contributed by atoms with Crippen molar-refractivity contribution >= 4 is 41.5 Å². The van der Waals surface area contributed by atoms with Crippen LogP contribution in [0, 0.1) is 0 Å². The van der Waals surface area contributed by atoms with Crippen LogP contribution >= 0.6 is 0 Å². The number of aliphatic imine (C=N–C) groups is 1. The van der Waals surface area contributed by atoms with Crippen LogP contribution in [0.2, 0.25) is 0 Å². The van der Waals surface area contributed by atoms with E-state index in [1.807, 2.05) is 0 Å². The molecule has 4 unspecified atom stereocenters. The van der Waals surface area contributed by atoms with Crippen LogP contribution in [0.25, 0.3) is 0 Å². The molecule has 15 N–H and O–H groups in total. The lowest BCUT2D eigenvalue weighted by molar-refractivity contribution is -0.143. The van der Waals surface area contributed by atoms with E-state index in [-0.39, 0.29) is 38.2 Å². The molecule has 4 amide bonds. The van der Waals surface area contributed by atoms with Crippen molar-refractivity contribution in [3.8, 4) is 0 Å². The summed E-state index contributed by atoms with van der Waals surface area (Å²) in [6, 6.07) is -5.33. The topological polar surface area (TPSA) is 321 Å². The van der Waals surface area contributed by atoms with Crippen LogP contribution in [0.4, 0.5) is 0 Å². The van der Waals surface area contributed by atoms with Gasteiger partial charge in [0.15, 0.2) is 5.96 Å². The number of nitrogens with one attached hydrogen (secondary N) is 3. The van der Waals surface area contributed by atoms with Gasteiger partial charge in [-0.05, 0) is 45.1 Å². The molecule has 216 valence electrons. The van der Waals surface area contributed by atoms with Gasteiger partial charge < -0.3 is 54.8 Å². The maximum absolute atomic E-state index is 13.0. The summed E-state index contributed by atoms with van der Waals surface area (Å²) >= 11 is 0. The van der Waals surface area contributed by atoms with Crippen molar-refractivity contribution in [2.75, 3.05) is 13.1 Å². The lowest BCUT2D eigenvalue weighted by Gasteiger charge is -2.25. The average molecular weight is 546 g/mol. The van der Waals surface area contributed by atoms with Crippen LogP contribution in [0.3, 0.4) is 0 Å². The number of carbonyl (C=O) groups excluding carboxylic acids is 4. The van der Waals surface area contributed by atoms with Gasteiger partial charge in [-0.15, -0.1) is 0 Å². The number of unbranched alkanes of at least 4 members (excludes halogenated alkanes) is 1. The predicted molar refractivity (Wildman–Crippen MR) is 135 cm³/mol. The standard InChI is InChI=1S/C21H39N9O8/c22-8-2-1-4-12(28-17(34)11(23)10-15(24)31)18(35)29-13(6-7-16(32)33)19(36)30-14(20(37)38)5-3-9-27-21(25)26/h11-14H,1-10,22-23H2,(H2,24,31)(H,28,34)(H,29,35)(H,30,36)(H,32,33)(H,37,38)(H4,25,26,27). The number of aliphatic carboxylic acids is 2. The molecule has 0 saturated heterocycles. The second-order valence-electron chi connectivity index (χ2n) is 8.46. The molecule has 17 heteroatoms. The first kappa shape index (κ1) is 34.0. The van der Waals surface area contributed by atoms with Crippen LogP contribution < -0.4 is 44.6 Å². The fourth-order valence-electron chi connectivity index (χ4n) is 3.19. The molecule has 0 aliphatic rings. The fraction of sp³-hybridized carbons (Fsp3) is 0.667. The van der Waals surface area contributed by atoms with Crippen molar-refractivity contribution in [1.29, 1.82) is 0 Å². The van der Waals surface area contributed by atoms with Gasteiger partial charge in [0.05, 0.1) is 12.5 Å². The Kier molecular flexibility index (Phi) is 16.4. The summed E-state index contributed by atoms with van der Waals surface area (Å²) in [6.07, 6.45) is -0.180.